The lowest BCUT2D eigenvalue weighted by atomic mass is 9.85. The fourth-order valence-electron chi connectivity index (χ4n) is 3.10. The summed E-state index contributed by atoms with van der Waals surface area (Å²) < 4.78 is 4.98. The third-order valence-electron chi connectivity index (χ3n) is 4.37. The van der Waals surface area contributed by atoms with Crippen molar-refractivity contribution >= 4 is 11.7 Å². The molecule has 2 aromatic rings. The molecule has 1 aromatic carbocycles. The van der Waals surface area contributed by atoms with Crippen molar-refractivity contribution < 1.29 is 14.4 Å². The first-order chi connectivity index (χ1) is 11.7. The zero-order chi connectivity index (χ0) is 16.9. The van der Waals surface area contributed by atoms with Gasteiger partial charge in [0.25, 0.3) is 0 Å². The van der Waals surface area contributed by atoms with Crippen molar-refractivity contribution in [3.05, 3.63) is 30.2 Å². The topological polar surface area (TPSA) is 100 Å². The number of aryl methyl sites for hydroxylation is 1. The molecule has 2 unspecified atom stereocenters. The number of hydrogen-bond donors (Lipinski definition) is 3. The molecule has 1 heterocycles. The number of urea groups is 1. The van der Waals surface area contributed by atoms with E-state index in [1.54, 1.807) is 19.1 Å². The number of nitrogens with one attached hydrogen (secondary N) is 2. The van der Waals surface area contributed by atoms with Gasteiger partial charge in [-0.25, -0.2) is 4.79 Å². The number of hydrogen-bond acceptors (Lipinski definition) is 5. The molecule has 3 N–H and O–H groups in total. The highest BCUT2D eigenvalue weighted by atomic mass is 16.5. The number of aliphatic hydroxyl groups excluding tert-OH is 1. The maximum atomic E-state index is 12.2. The largest absolute Gasteiger partial charge is 0.396 e. The Balaban J connectivity index is 1.64. The predicted octanol–water partition coefficient (Wildman–Crippen LogP) is 2.72. The Labute approximate surface area is 140 Å². The van der Waals surface area contributed by atoms with Gasteiger partial charge in [-0.15, -0.1) is 0 Å². The van der Waals surface area contributed by atoms with E-state index >= 15 is 0 Å². The summed E-state index contributed by atoms with van der Waals surface area (Å²) in [6, 6.07) is 7.05. The van der Waals surface area contributed by atoms with Gasteiger partial charge in [0.05, 0.1) is 0 Å². The first-order valence-electron chi connectivity index (χ1n) is 8.25. The van der Waals surface area contributed by atoms with Gasteiger partial charge >= 0.3 is 6.03 Å². The van der Waals surface area contributed by atoms with Gasteiger partial charge in [0, 0.05) is 36.7 Å². The number of carbonyl (C=O) groups excluding carboxylic acids is 1. The number of aliphatic hydroxyl groups is 1. The quantitative estimate of drug-likeness (QED) is 0.800. The van der Waals surface area contributed by atoms with Crippen LogP contribution in [0.2, 0.25) is 0 Å². The Morgan fingerprint density at radius 2 is 2.21 bits per heavy atom. The molecule has 1 aromatic heterocycles. The lowest BCUT2D eigenvalue weighted by Crippen LogP contribution is -2.45. The van der Waals surface area contributed by atoms with E-state index in [1.807, 2.05) is 12.1 Å². The second-order valence-corrected chi connectivity index (χ2v) is 6.15. The van der Waals surface area contributed by atoms with Crippen LogP contribution < -0.4 is 10.6 Å². The molecule has 1 aliphatic carbocycles. The molecule has 7 heteroatoms. The molecule has 1 aliphatic rings. The average molecular weight is 330 g/mol. The number of amides is 2. The van der Waals surface area contributed by atoms with Crippen molar-refractivity contribution in [1.29, 1.82) is 0 Å². The first kappa shape index (κ1) is 16.4. The molecule has 1 fully saturated rings. The van der Waals surface area contributed by atoms with E-state index in [9.17, 15) is 9.90 Å². The van der Waals surface area contributed by atoms with Crippen LogP contribution in [0.15, 0.2) is 28.8 Å². The van der Waals surface area contributed by atoms with Crippen LogP contribution in [-0.2, 0) is 0 Å². The highest BCUT2D eigenvalue weighted by molar-refractivity contribution is 5.90. The monoisotopic (exact) mass is 330 g/mol. The molecular weight excluding hydrogens is 308 g/mol. The molecule has 24 heavy (non-hydrogen) atoms. The van der Waals surface area contributed by atoms with Gasteiger partial charge in [-0.1, -0.05) is 30.1 Å². The van der Waals surface area contributed by atoms with Crippen molar-refractivity contribution in [3.8, 4) is 11.4 Å². The Hall–Kier alpha value is -2.41. The van der Waals surface area contributed by atoms with E-state index in [2.05, 4.69) is 20.8 Å². The molecule has 2 amide bonds. The number of rotatable bonds is 4. The van der Waals surface area contributed by atoms with Crippen molar-refractivity contribution in [1.82, 2.24) is 15.5 Å². The van der Waals surface area contributed by atoms with Crippen molar-refractivity contribution in [2.24, 2.45) is 5.92 Å². The second kappa shape index (κ2) is 7.44. The van der Waals surface area contributed by atoms with Crippen molar-refractivity contribution in [2.75, 3.05) is 11.9 Å². The Kier molecular flexibility index (Phi) is 5.10. The highest BCUT2D eigenvalue weighted by Gasteiger charge is 2.25. The maximum Gasteiger partial charge on any atom is 0.319 e. The summed E-state index contributed by atoms with van der Waals surface area (Å²) in [6.07, 6.45) is 4.04. The number of nitrogens with zero attached hydrogens (tertiary/aromatic N) is 2. The Bertz CT molecular complexity index is 701. The van der Waals surface area contributed by atoms with Crippen LogP contribution in [0.4, 0.5) is 10.5 Å². The van der Waals surface area contributed by atoms with Crippen LogP contribution in [0.1, 0.15) is 31.6 Å². The normalized spacial score (nSPS) is 20.6. The highest BCUT2D eigenvalue weighted by Crippen LogP contribution is 2.24. The minimum absolute atomic E-state index is 0.0202. The van der Waals surface area contributed by atoms with Crippen LogP contribution in [-0.4, -0.2) is 33.9 Å². The molecule has 0 spiro atoms. The summed E-state index contributed by atoms with van der Waals surface area (Å²) >= 11 is 0. The van der Waals surface area contributed by atoms with Crippen LogP contribution in [0, 0.1) is 12.8 Å². The molecule has 128 valence electrons. The van der Waals surface area contributed by atoms with Gasteiger partial charge in [-0.3, -0.25) is 0 Å². The minimum atomic E-state index is -0.262. The third-order valence-corrected chi connectivity index (χ3v) is 4.37. The minimum Gasteiger partial charge on any atom is -0.396 e. The van der Waals surface area contributed by atoms with Crippen molar-refractivity contribution in [3.63, 3.8) is 0 Å². The molecule has 0 radical (unpaired) electrons. The molecule has 3 rings (SSSR count). The molecule has 0 saturated heterocycles. The lowest BCUT2D eigenvalue weighted by Gasteiger charge is -2.30. The average Bonchev–Trinajstić information content (AvgIpc) is 3.02. The zero-order valence-electron chi connectivity index (χ0n) is 13.7. The summed E-state index contributed by atoms with van der Waals surface area (Å²) in [5, 5.41) is 19.1. The smallest absolute Gasteiger partial charge is 0.319 e. The number of aromatic nitrogens is 2. The van der Waals surface area contributed by atoms with Gasteiger partial charge in [0.15, 0.2) is 0 Å². The molecular formula is C17H22N4O3. The van der Waals surface area contributed by atoms with Crippen LogP contribution >= 0.6 is 0 Å². The van der Waals surface area contributed by atoms with E-state index < -0.39 is 0 Å². The predicted molar refractivity (Wildman–Crippen MR) is 89.5 cm³/mol. The van der Waals surface area contributed by atoms with Crippen LogP contribution in [0.25, 0.3) is 11.4 Å². The molecule has 1 saturated carbocycles. The van der Waals surface area contributed by atoms with E-state index in [4.69, 9.17) is 4.52 Å². The van der Waals surface area contributed by atoms with Gasteiger partial charge in [0.2, 0.25) is 11.7 Å². The molecule has 0 bridgehead atoms. The van der Waals surface area contributed by atoms with Crippen LogP contribution in [0.5, 0.6) is 0 Å². The van der Waals surface area contributed by atoms with E-state index in [1.165, 1.54) is 0 Å². The number of benzene rings is 1. The second-order valence-electron chi connectivity index (χ2n) is 6.15. The summed E-state index contributed by atoms with van der Waals surface area (Å²) in [5.74, 6) is 1.12. The molecule has 7 nitrogen and oxygen atoms in total. The lowest BCUT2D eigenvalue weighted by molar-refractivity contribution is 0.156. The maximum absolute atomic E-state index is 12.2. The fraction of sp³-hybridized carbons (Fsp3) is 0.471. The Morgan fingerprint density at radius 3 is 2.96 bits per heavy atom. The third kappa shape index (κ3) is 3.91. The van der Waals surface area contributed by atoms with Gasteiger partial charge in [0.1, 0.15) is 0 Å². The van der Waals surface area contributed by atoms with Gasteiger partial charge in [-0.2, -0.15) is 4.98 Å². The fourth-order valence-corrected chi connectivity index (χ4v) is 3.10. The first-order valence-corrected chi connectivity index (χ1v) is 8.25. The SMILES string of the molecule is Cc1nc(-c2cccc(NC(=O)NC3CCCCC3CO)c2)no1. The van der Waals surface area contributed by atoms with Crippen LogP contribution in [0.3, 0.4) is 0 Å². The summed E-state index contributed by atoms with van der Waals surface area (Å²) in [6.45, 7) is 1.84. The van der Waals surface area contributed by atoms with Gasteiger partial charge in [-0.05, 0) is 25.0 Å². The van der Waals surface area contributed by atoms with E-state index in [0.717, 1.165) is 31.2 Å². The van der Waals surface area contributed by atoms with Crippen molar-refractivity contribution in [2.45, 2.75) is 38.6 Å². The number of anilines is 1. The van der Waals surface area contributed by atoms with E-state index in [0.29, 0.717) is 17.4 Å². The zero-order valence-corrected chi connectivity index (χ0v) is 13.7. The number of carbonyl (C=O) groups is 1. The molecule has 0 aliphatic heterocycles. The summed E-state index contributed by atoms with van der Waals surface area (Å²) in [4.78, 5) is 16.4. The summed E-state index contributed by atoms with van der Waals surface area (Å²) in [7, 11) is 0. The standard InChI is InChI=1S/C17H22N4O3/c1-11-18-16(21-24-11)12-6-4-7-14(9-12)19-17(23)20-15-8-3-2-5-13(15)10-22/h4,6-7,9,13,15,22H,2-3,5,8,10H2,1H3,(H2,19,20,23). The van der Waals surface area contributed by atoms with E-state index in [-0.39, 0.29) is 24.6 Å². The summed E-state index contributed by atoms with van der Waals surface area (Å²) in [5.41, 5.74) is 1.43. The Morgan fingerprint density at radius 1 is 1.38 bits per heavy atom. The van der Waals surface area contributed by atoms with Gasteiger partial charge < -0.3 is 20.3 Å². The molecule has 2 atom stereocenters.